The Morgan fingerprint density at radius 3 is 2.79 bits per heavy atom. The van der Waals surface area contributed by atoms with Gasteiger partial charge in [0.2, 0.25) is 5.91 Å². The predicted octanol–water partition coefficient (Wildman–Crippen LogP) is -0.205. The first-order chi connectivity index (χ1) is 8.86. The second-order valence-corrected chi connectivity index (χ2v) is 6.15. The molecule has 6 nitrogen and oxygen atoms in total. The van der Waals surface area contributed by atoms with Gasteiger partial charge in [0.1, 0.15) is 0 Å². The Labute approximate surface area is 112 Å². The van der Waals surface area contributed by atoms with Gasteiger partial charge in [-0.3, -0.25) is 4.79 Å². The fraction of sp³-hybridized carbons (Fsp3) is 0.333. The Morgan fingerprint density at radius 1 is 1.53 bits per heavy atom. The number of hydrogen-bond donors (Lipinski definition) is 2. The Bertz CT molecular complexity index is 605. The predicted molar refractivity (Wildman–Crippen MR) is 69.9 cm³/mol. The van der Waals surface area contributed by atoms with Crippen LogP contribution in [0.3, 0.4) is 0 Å². The number of carbonyl (C=O) groups is 1. The van der Waals surface area contributed by atoms with E-state index in [1.54, 1.807) is 6.92 Å². The van der Waals surface area contributed by atoms with E-state index in [-0.39, 0.29) is 17.2 Å². The third-order valence-corrected chi connectivity index (χ3v) is 4.28. The molecule has 0 bridgehead atoms. The molecule has 0 fully saturated rings. The first-order valence-electron chi connectivity index (χ1n) is 5.62. The number of amides is 1. The van der Waals surface area contributed by atoms with Crippen LogP contribution in [0.15, 0.2) is 29.2 Å². The van der Waals surface area contributed by atoms with Gasteiger partial charge in [-0.2, -0.15) is 5.26 Å². The lowest BCUT2D eigenvalue weighted by Gasteiger charge is -2.10. The minimum Gasteiger partial charge on any atom is -0.368 e. The number of rotatable bonds is 6. The van der Waals surface area contributed by atoms with Crippen LogP contribution in [-0.4, -0.2) is 32.7 Å². The summed E-state index contributed by atoms with van der Waals surface area (Å²) in [6.45, 7) is 1.68. The molecule has 1 unspecified atom stereocenters. The topological polar surface area (TPSA) is 113 Å². The van der Waals surface area contributed by atoms with Crippen LogP contribution in [0.4, 0.5) is 0 Å². The monoisotopic (exact) mass is 281 g/mol. The van der Waals surface area contributed by atoms with Crippen LogP contribution in [-0.2, 0) is 14.6 Å². The van der Waals surface area contributed by atoms with Gasteiger partial charge in [-0.15, -0.1) is 0 Å². The lowest BCUT2D eigenvalue weighted by molar-refractivity contribution is -0.119. The number of nitrogens with two attached hydrogens (primary N) is 1. The largest absolute Gasteiger partial charge is 0.368 e. The maximum Gasteiger partial charge on any atom is 0.234 e. The van der Waals surface area contributed by atoms with Gasteiger partial charge in [0.25, 0.3) is 0 Å². The summed E-state index contributed by atoms with van der Waals surface area (Å²) in [6.07, 6.45) is 0. The van der Waals surface area contributed by atoms with Gasteiger partial charge >= 0.3 is 0 Å². The van der Waals surface area contributed by atoms with E-state index in [2.05, 4.69) is 5.32 Å². The molecule has 19 heavy (non-hydrogen) atoms. The molecule has 0 radical (unpaired) electrons. The zero-order chi connectivity index (χ0) is 14.5. The van der Waals surface area contributed by atoms with Gasteiger partial charge in [0.05, 0.1) is 28.3 Å². The van der Waals surface area contributed by atoms with Crippen LogP contribution in [0.1, 0.15) is 12.5 Å². The Hall–Kier alpha value is -1.91. The minimum atomic E-state index is -3.48. The van der Waals surface area contributed by atoms with Gasteiger partial charge in [0, 0.05) is 6.54 Å². The van der Waals surface area contributed by atoms with Crippen LogP contribution >= 0.6 is 0 Å². The number of sulfone groups is 1. The molecule has 1 aromatic rings. The molecule has 0 heterocycles. The van der Waals surface area contributed by atoms with Crippen LogP contribution in [0.5, 0.6) is 0 Å². The van der Waals surface area contributed by atoms with Crippen LogP contribution in [0.2, 0.25) is 0 Å². The third-order valence-electron chi connectivity index (χ3n) is 2.57. The summed E-state index contributed by atoms with van der Waals surface area (Å²) in [4.78, 5) is 10.9. The molecule has 0 aliphatic carbocycles. The lowest BCUT2D eigenvalue weighted by atomic mass is 10.2. The summed E-state index contributed by atoms with van der Waals surface area (Å²) in [5, 5.41) is 11.4. The molecule has 0 saturated carbocycles. The van der Waals surface area contributed by atoms with E-state index in [0.717, 1.165) is 0 Å². The number of nitrogens with one attached hydrogen (secondary N) is 1. The van der Waals surface area contributed by atoms with Crippen LogP contribution in [0, 0.1) is 11.3 Å². The van der Waals surface area contributed by atoms with Crippen molar-refractivity contribution in [1.82, 2.24) is 5.32 Å². The minimum absolute atomic E-state index is 0.0973. The fourth-order valence-corrected chi connectivity index (χ4v) is 2.60. The molecule has 1 aromatic carbocycles. The highest BCUT2D eigenvalue weighted by Gasteiger charge is 2.16. The van der Waals surface area contributed by atoms with Crippen molar-refractivity contribution in [1.29, 1.82) is 5.26 Å². The third kappa shape index (κ3) is 4.35. The highest BCUT2D eigenvalue weighted by Crippen LogP contribution is 2.12. The maximum atomic E-state index is 12.0. The van der Waals surface area contributed by atoms with Gasteiger partial charge in [0.15, 0.2) is 9.84 Å². The summed E-state index contributed by atoms with van der Waals surface area (Å²) in [5.74, 6) is -0.705. The van der Waals surface area contributed by atoms with E-state index in [4.69, 9.17) is 11.0 Å². The molecule has 0 aliphatic rings. The van der Waals surface area contributed by atoms with Gasteiger partial charge in [-0.25, -0.2) is 8.42 Å². The van der Waals surface area contributed by atoms with E-state index < -0.39 is 21.8 Å². The van der Waals surface area contributed by atoms with Crippen molar-refractivity contribution in [3.05, 3.63) is 29.8 Å². The SMILES string of the molecule is CC(NCCS(=O)(=O)c1cccc(C#N)c1)C(N)=O. The summed E-state index contributed by atoms with van der Waals surface area (Å²) in [7, 11) is -3.48. The van der Waals surface area contributed by atoms with Crippen molar-refractivity contribution in [2.24, 2.45) is 5.73 Å². The van der Waals surface area contributed by atoms with Crippen molar-refractivity contribution in [3.8, 4) is 6.07 Å². The average Bonchev–Trinajstić information content (AvgIpc) is 2.38. The van der Waals surface area contributed by atoms with Gasteiger partial charge in [-0.1, -0.05) is 6.07 Å². The van der Waals surface area contributed by atoms with Gasteiger partial charge < -0.3 is 11.1 Å². The van der Waals surface area contributed by atoms with Crippen LogP contribution in [0.25, 0.3) is 0 Å². The van der Waals surface area contributed by atoms with Crippen LogP contribution < -0.4 is 11.1 Å². The number of carbonyl (C=O) groups excluding carboxylic acids is 1. The van der Waals surface area contributed by atoms with Crippen molar-refractivity contribution in [3.63, 3.8) is 0 Å². The highest BCUT2D eigenvalue weighted by molar-refractivity contribution is 7.91. The number of benzene rings is 1. The Kier molecular flexibility index (Phi) is 5.03. The Morgan fingerprint density at radius 2 is 2.21 bits per heavy atom. The second kappa shape index (κ2) is 6.31. The van der Waals surface area contributed by atoms with Crippen molar-refractivity contribution in [2.75, 3.05) is 12.3 Å². The zero-order valence-electron chi connectivity index (χ0n) is 10.5. The number of hydrogen-bond acceptors (Lipinski definition) is 5. The van der Waals surface area contributed by atoms with E-state index in [1.165, 1.54) is 24.3 Å². The molecule has 7 heteroatoms. The van der Waals surface area contributed by atoms with Crippen molar-refractivity contribution < 1.29 is 13.2 Å². The van der Waals surface area contributed by atoms with Crippen molar-refractivity contribution >= 4 is 15.7 Å². The summed E-state index contributed by atoms with van der Waals surface area (Å²) in [6, 6.07) is 7.12. The van der Waals surface area contributed by atoms with Gasteiger partial charge in [-0.05, 0) is 25.1 Å². The molecular formula is C12H15N3O3S. The van der Waals surface area contributed by atoms with E-state index in [1.807, 2.05) is 6.07 Å². The number of primary amides is 1. The molecular weight excluding hydrogens is 266 g/mol. The molecule has 0 saturated heterocycles. The van der Waals surface area contributed by atoms with E-state index >= 15 is 0 Å². The second-order valence-electron chi connectivity index (χ2n) is 4.04. The summed E-state index contributed by atoms with van der Waals surface area (Å²) < 4.78 is 24.0. The first kappa shape index (κ1) is 15.1. The summed E-state index contributed by atoms with van der Waals surface area (Å²) in [5.41, 5.74) is 5.34. The zero-order valence-corrected chi connectivity index (χ0v) is 11.3. The number of nitrogens with zero attached hydrogens (tertiary/aromatic N) is 1. The number of nitriles is 1. The van der Waals surface area contributed by atoms with E-state index in [9.17, 15) is 13.2 Å². The fourth-order valence-electron chi connectivity index (χ4n) is 1.39. The summed E-state index contributed by atoms with van der Waals surface area (Å²) >= 11 is 0. The molecule has 102 valence electrons. The van der Waals surface area contributed by atoms with E-state index in [0.29, 0.717) is 5.56 Å². The van der Waals surface area contributed by atoms with Crippen molar-refractivity contribution in [2.45, 2.75) is 17.9 Å². The molecule has 0 aromatic heterocycles. The molecule has 1 rings (SSSR count). The molecule has 0 spiro atoms. The smallest absolute Gasteiger partial charge is 0.234 e. The first-order valence-corrected chi connectivity index (χ1v) is 7.27. The highest BCUT2D eigenvalue weighted by atomic mass is 32.2. The average molecular weight is 281 g/mol. The Balaban J connectivity index is 2.71. The normalized spacial score (nSPS) is 12.6. The molecule has 1 amide bonds. The molecule has 0 aliphatic heterocycles. The molecule has 3 N–H and O–H groups in total. The standard InChI is InChI=1S/C12H15N3O3S/c1-9(12(14)16)15-5-6-19(17,18)11-4-2-3-10(7-11)8-13/h2-4,7,9,15H,5-6H2,1H3,(H2,14,16). The maximum absolute atomic E-state index is 12.0. The lowest BCUT2D eigenvalue weighted by Crippen LogP contribution is -2.40. The quantitative estimate of drug-likeness (QED) is 0.749. The molecule has 1 atom stereocenters.